The van der Waals surface area contributed by atoms with Crippen molar-refractivity contribution < 1.29 is 9.90 Å². The molecule has 1 aliphatic rings. The molecule has 4 heteroatoms. The fraction of sp³-hybridized carbons (Fsp3) is 0.172. The number of hydrogen-bond donors (Lipinski definition) is 2. The second-order valence-electron chi connectivity index (χ2n) is 8.60. The Bertz CT molecular complexity index is 1330. The highest BCUT2D eigenvalue weighted by atomic mass is 16.4. The zero-order chi connectivity index (χ0) is 22.6. The number of aromatic amines is 1. The van der Waals surface area contributed by atoms with Crippen LogP contribution in [0.1, 0.15) is 47.9 Å². The molecule has 1 fully saturated rings. The fourth-order valence-electron chi connectivity index (χ4n) is 4.92. The third kappa shape index (κ3) is 4.51. The van der Waals surface area contributed by atoms with Crippen LogP contribution in [0.2, 0.25) is 0 Å². The molecule has 4 nitrogen and oxygen atoms in total. The van der Waals surface area contributed by atoms with E-state index in [1.165, 1.54) is 54.0 Å². The average molecular weight is 435 g/mol. The van der Waals surface area contributed by atoms with Crippen LogP contribution in [0.15, 0.2) is 85.1 Å². The molecule has 0 unspecified atom stereocenters. The van der Waals surface area contributed by atoms with E-state index in [-0.39, 0.29) is 0 Å². The van der Waals surface area contributed by atoms with Gasteiger partial charge in [0.2, 0.25) is 0 Å². The van der Waals surface area contributed by atoms with Gasteiger partial charge in [-0.05, 0) is 70.4 Å². The fourth-order valence-corrected chi connectivity index (χ4v) is 4.92. The minimum Gasteiger partial charge on any atom is -0.478 e. The number of aromatic nitrogens is 2. The summed E-state index contributed by atoms with van der Waals surface area (Å²) in [6.45, 7) is 0. The van der Waals surface area contributed by atoms with Crippen LogP contribution >= 0.6 is 0 Å². The van der Waals surface area contributed by atoms with Gasteiger partial charge in [0.15, 0.2) is 0 Å². The van der Waals surface area contributed by atoms with E-state index in [1.54, 1.807) is 6.08 Å². The van der Waals surface area contributed by atoms with Crippen LogP contribution in [-0.2, 0) is 4.79 Å². The molecule has 0 saturated heterocycles. The highest BCUT2D eigenvalue weighted by molar-refractivity contribution is 6.01. The number of nitrogens with zero attached hydrogens (tertiary/aromatic N) is 1. The van der Waals surface area contributed by atoms with E-state index in [9.17, 15) is 4.79 Å². The summed E-state index contributed by atoms with van der Waals surface area (Å²) in [4.78, 5) is 10.9. The Morgan fingerprint density at radius 2 is 1.64 bits per heavy atom. The van der Waals surface area contributed by atoms with E-state index in [2.05, 4.69) is 70.9 Å². The molecule has 0 atom stereocenters. The number of aliphatic carboxylic acids is 1. The highest BCUT2D eigenvalue weighted by Crippen LogP contribution is 2.43. The van der Waals surface area contributed by atoms with E-state index in [4.69, 9.17) is 5.11 Å². The quantitative estimate of drug-likeness (QED) is 0.259. The number of nitrogens with one attached hydrogen (secondary N) is 1. The second-order valence-corrected chi connectivity index (χ2v) is 8.60. The second kappa shape index (κ2) is 9.29. The summed E-state index contributed by atoms with van der Waals surface area (Å²) < 4.78 is 0. The average Bonchev–Trinajstić information content (AvgIpc) is 3.54. The molecule has 0 spiro atoms. The van der Waals surface area contributed by atoms with Gasteiger partial charge in [-0.15, -0.1) is 0 Å². The van der Waals surface area contributed by atoms with Crippen LogP contribution in [0.4, 0.5) is 0 Å². The first-order valence-electron chi connectivity index (χ1n) is 11.4. The highest BCUT2D eigenvalue weighted by Gasteiger charge is 2.25. The van der Waals surface area contributed by atoms with Gasteiger partial charge >= 0.3 is 5.97 Å². The van der Waals surface area contributed by atoms with Crippen molar-refractivity contribution in [3.05, 3.63) is 107 Å². The topological polar surface area (TPSA) is 66.0 Å². The predicted molar refractivity (Wildman–Crippen MR) is 134 cm³/mol. The van der Waals surface area contributed by atoms with Gasteiger partial charge < -0.3 is 5.11 Å². The van der Waals surface area contributed by atoms with Crippen molar-refractivity contribution in [3.8, 4) is 0 Å². The molecule has 0 radical (unpaired) electrons. The molecule has 1 aliphatic carbocycles. The third-order valence-electron chi connectivity index (χ3n) is 6.46. The van der Waals surface area contributed by atoms with Crippen LogP contribution in [0, 0.1) is 5.92 Å². The molecule has 1 aromatic heterocycles. The number of hydrogen-bond acceptors (Lipinski definition) is 2. The molecule has 164 valence electrons. The maximum Gasteiger partial charge on any atom is 0.328 e. The zero-order valence-corrected chi connectivity index (χ0v) is 18.4. The van der Waals surface area contributed by atoms with Crippen LogP contribution < -0.4 is 0 Å². The van der Waals surface area contributed by atoms with Gasteiger partial charge in [-0.25, -0.2) is 4.79 Å². The van der Waals surface area contributed by atoms with Crippen LogP contribution in [0.5, 0.6) is 0 Å². The Labute approximate surface area is 193 Å². The predicted octanol–water partition coefficient (Wildman–Crippen LogP) is 6.81. The molecule has 0 amide bonds. The zero-order valence-electron chi connectivity index (χ0n) is 18.4. The summed E-state index contributed by atoms with van der Waals surface area (Å²) >= 11 is 0. The Morgan fingerprint density at radius 3 is 2.36 bits per heavy atom. The van der Waals surface area contributed by atoms with E-state index in [0.29, 0.717) is 5.92 Å². The lowest BCUT2D eigenvalue weighted by atomic mass is 9.81. The Kier molecular flexibility index (Phi) is 5.90. The standard InChI is InChI=1S/C29H26N2O2/c32-27(33)17-12-20-10-13-23(14-11-20)29(24-15-16-26-25(18-24)19-30-31-26)28(22-8-4-5-9-22)21-6-2-1-3-7-21/h1-3,6-7,10-19,22H,4-5,8-9H2,(H,30,31)(H,32,33). The third-order valence-corrected chi connectivity index (χ3v) is 6.46. The maximum absolute atomic E-state index is 10.9. The SMILES string of the molecule is O=C(O)C=Cc1ccc(C(=C(c2ccccc2)C2CCCC2)c2ccc3[nH]ncc3c2)cc1. The lowest BCUT2D eigenvalue weighted by molar-refractivity contribution is -0.131. The first-order valence-corrected chi connectivity index (χ1v) is 11.4. The monoisotopic (exact) mass is 434 g/mol. The van der Waals surface area contributed by atoms with Gasteiger partial charge in [-0.1, -0.05) is 73.5 Å². The van der Waals surface area contributed by atoms with E-state index < -0.39 is 5.97 Å². The number of carbonyl (C=O) groups is 1. The molecule has 5 rings (SSSR count). The smallest absolute Gasteiger partial charge is 0.328 e. The Balaban J connectivity index is 1.73. The summed E-state index contributed by atoms with van der Waals surface area (Å²) in [7, 11) is 0. The number of H-pyrrole nitrogens is 1. The maximum atomic E-state index is 10.9. The molecule has 0 aliphatic heterocycles. The van der Waals surface area contributed by atoms with Gasteiger partial charge in [0.1, 0.15) is 0 Å². The summed E-state index contributed by atoms with van der Waals surface area (Å²) in [6.07, 6.45) is 9.58. The van der Waals surface area contributed by atoms with Gasteiger partial charge in [-0.3, -0.25) is 5.10 Å². The summed E-state index contributed by atoms with van der Waals surface area (Å²) in [5, 5.41) is 17.3. The van der Waals surface area contributed by atoms with Crippen molar-refractivity contribution in [2.75, 3.05) is 0 Å². The summed E-state index contributed by atoms with van der Waals surface area (Å²) in [5.74, 6) is -0.435. The van der Waals surface area contributed by atoms with Crippen molar-refractivity contribution in [2.24, 2.45) is 5.92 Å². The number of rotatable bonds is 6. The first kappa shape index (κ1) is 21.0. The van der Waals surface area contributed by atoms with Crippen molar-refractivity contribution >= 4 is 34.1 Å². The molecular formula is C29H26N2O2. The molecule has 4 aromatic rings. The van der Waals surface area contributed by atoms with E-state index in [1.807, 2.05) is 18.3 Å². The number of carboxylic acids is 1. The number of allylic oxidation sites excluding steroid dienone is 1. The van der Waals surface area contributed by atoms with Gasteiger partial charge in [0, 0.05) is 11.5 Å². The minimum atomic E-state index is -0.944. The molecule has 1 heterocycles. The number of fused-ring (bicyclic) bond motifs is 1. The van der Waals surface area contributed by atoms with E-state index in [0.717, 1.165) is 22.0 Å². The number of carboxylic acid groups (broad SMARTS) is 1. The van der Waals surface area contributed by atoms with Gasteiger partial charge in [0.25, 0.3) is 0 Å². The largest absolute Gasteiger partial charge is 0.478 e. The van der Waals surface area contributed by atoms with Crippen molar-refractivity contribution in [2.45, 2.75) is 25.7 Å². The molecule has 33 heavy (non-hydrogen) atoms. The summed E-state index contributed by atoms with van der Waals surface area (Å²) in [5.41, 5.74) is 8.10. The number of benzene rings is 3. The molecular weight excluding hydrogens is 408 g/mol. The minimum absolute atomic E-state index is 0.508. The summed E-state index contributed by atoms with van der Waals surface area (Å²) in [6, 6.07) is 25.4. The first-order chi connectivity index (χ1) is 16.2. The van der Waals surface area contributed by atoms with Crippen molar-refractivity contribution in [1.82, 2.24) is 10.2 Å². The van der Waals surface area contributed by atoms with Crippen molar-refractivity contribution in [3.63, 3.8) is 0 Å². The van der Waals surface area contributed by atoms with Crippen LogP contribution in [0.25, 0.3) is 28.1 Å². The van der Waals surface area contributed by atoms with Crippen LogP contribution in [-0.4, -0.2) is 21.3 Å². The Morgan fingerprint density at radius 1 is 0.909 bits per heavy atom. The van der Waals surface area contributed by atoms with E-state index >= 15 is 0 Å². The van der Waals surface area contributed by atoms with Crippen molar-refractivity contribution in [1.29, 1.82) is 0 Å². The molecule has 1 saturated carbocycles. The van der Waals surface area contributed by atoms with Gasteiger partial charge in [-0.2, -0.15) is 5.10 Å². The molecule has 2 N–H and O–H groups in total. The Hall–Kier alpha value is -3.92. The van der Waals surface area contributed by atoms with Gasteiger partial charge in [0.05, 0.1) is 11.7 Å². The lowest BCUT2D eigenvalue weighted by Gasteiger charge is -2.22. The normalized spacial score (nSPS) is 15.3. The molecule has 3 aromatic carbocycles. The lowest BCUT2D eigenvalue weighted by Crippen LogP contribution is -2.04. The van der Waals surface area contributed by atoms with Crippen LogP contribution in [0.3, 0.4) is 0 Å². The molecule has 0 bridgehead atoms.